The van der Waals surface area contributed by atoms with Crippen molar-refractivity contribution in [3.8, 4) is 5.75 Å². The van der Waals surface area contributed by atoms with E-state index in [4.69, 9.17) is 9.47 Å². The number of hydrogen-bond acceptors (Lipinski definition) is 3. The smallest absolute Gasteiger partial charge is 0.127 e. The fourth-order valence-corrected chi connectivity index (χ4v) is 3.98. The van der Waals surface area contributed by atoms with Crippen molar-refractivity contribution in [1.82, 2.24) is 5.32 Å². The molecule has 0 saturated heterocycles. The van der Waals surface area contributed by atoms with E-state index < -0.39 is 0 Å². The van der Waals surface area contributed by atoms with Crippen LogP contribution in [0.3, 0.4) is 0 Å². The molecule has 0 amide bonds. The van der Waals surface area contributed by atoms with E-state index in [0.29, 0.717) is 12.1 Å². The normalized spacial score (nSPS) is 26.1. The minimum Gasteiger partial charge on any atom is -0.493 e. The van der Waals surface area contributed by atoms with Gasteiger partial charge in [-0.15, -0.1) is 0 Å². The van der Waals surface area contributed by atoms with Gasteiger partial charge in [0.25, 0.3) is 0 Å². The lowest BCUT2D eigenvalue weighted by Gasteiger charge is -2.52. The van der Waals surface area contributed by atoms with E-state index in [-0.39, 0.29) is 5.41 Å². The first-order chi connectivity index (χ1) is 10.0. The zero-order chi connectivity index (χ0) is 15.0. The highest BCUT2D eigenvalue weighted by Crippen LogP contribution is 2.43. The summed E-state index contributed by atoms with van der Waals surface area (Å²) in [6.45, 7) is 9.11. The molecule has 4 heteroatoms. The van der Waals surface area contributed by atoms with Crippen LogP contribution >= 0.6 is 15.9 Å². The number of benzene rings is 1. The van der Waals surface area contributed by atoms with Crippen molar-refractivity contribution in [2.24, 2.45) is 5.41 Å². The van der Waals surface area contributed by atoms with Crippen LogP contribution in [0.1, 0.15) is 38.3 Å². The number of ether oxygens (including phenoxy) is 2. The average Bonchev–Trinajstić information content (AvgIpc) is 2.89. The summed E-state index contributed by atoms with van der Waals surface area (Å²) in [4.78, 5) is 0. The Labute approximate surface area is 135 Å². The fraction of sp³-hybridized carbons (Fsp3) is 0.647. The maximum atomic E-state index is 5.80. The Morgan fingerprint density at radius 1 is 1.43 bits per heavy atom. The van der Waals surface area contributed by atoms with Crippen molar-refractivity contribution in [1.29, 1.82) is 0 Å². The Kier molecular flexibility index (Phi) is 4.30. The van der Waals surface area contributed by atoms with Crippen LogP contribution in [0.4, 0.5) is 0 Å². The van der Waals surface area contributed by atoms with Gasteiger partial charge in [-0.25, -0.2) is 0 Å². The summed E-state index contributed by atoms with van der Waals surface area (Å²) in [5.74, 6) is 1.09. The maximum Gasteiger partial charge on any atom is 0.127 e. The van der Waals surface area contributed by atoms with Gasteiger partial charge in [0.15, 0.2) is 0 Å². The molecule has 1 aliphatic carbocycles. The van der Waals surface area contributed by atoms with Crippen molar-refractivity contribution in [3.63, 3.8) is 0 Å². The first kappa shape index (κ1) is 15.3. The van der Waals surface area contributed by atoms with Gasteiger partial charge in [0.1, 0.15) is 5.75 Å². The van der Waals surface area contributed by atoms with Gasteiger partial charge in [0.2, 0.25) is 0 Å². The molecule has 0 spiro atoms. The summed E-state index contributed by atoms with van der Waals surface area (Å²) in [5.41, 5.74) is 2.78. The Hall–Kier alpha value is -0.580. The monoisotopic (exact) mass is 353 g/mol. The van der Waals surface area contributed by atoms with E-state index in [1.165, 1.54) is 11.1 Å². The molecule has 1 aliphatic heterocycles. The van der Waals surface area contributed by atoms with Crippen LogP contribution in [0.2, 0.25) is 0 Å². The number of halogens is 1. The first-order valence-electron chi connectivity index (χ1n) is 7.81. The number of rotatable bonds is 5. The standard InChI is InChI=1S/C17H24BrNO2/c1-4-20-15-9-14(17(15,2)3)19-10-12-8-13(18)7-11-5-6-21-16(11)12/h7-8,14-15,19H,4-6,9-10H2,1-3H3. The van der Waals surface area contributed by atoms with Crippen LogP contribution in [-0.4, -0.2) is 25.4 Å². The second-order valence-corrected chi connectivity index (χ2v) is 7.50. The molecule has 1 aromatic rings. The van der Waals surface area contributed by atoms with Crippen molar-refractivity contribution in [2.45, 2.75) is 52.3 Å². The quantitative estimate of drug-likeness (QED) is 0.875. The van der Waals surface area contributed by atoms with E-state index in [9.17, 15) is 0 Å². The van der Waals surface area contributed by atoms with Crippen molar-refractivity contribution in [3.05, 3.63) is 27.7 Å². The largest absolute Gasteiger partial charge is 0.493 e. The van der Waals surface area contributed by atoms with E-state index in [2.05, 4.69) is 54.2 Å². The zero-order valence-electron chi connectivity index (χ0n) is 13.0. The summed E-state index contributed by atoms with van der Waals surface area (Å²) in [6, 6.07) is 4.85. The number of nitrogens with one attached hydrogen (secondary N) is 1. The maximum absolute atomic E-state index is 5.80. The Morgan fingerprint density at radius 3 is 2.95 bits per heavy atom. The van der Waals surface area contributed by atoms with Gasteiger partial charge in [-0.2, -0.15) is 0 Å². The second kappa shape index (κ2) is 5.90. The molecule has 116 valence electrons. The van der Waals surface area contributed by atoms with Crippen LogP contribution in [0.25, 0.3) is 0 Å². The Morgan fingerprint density at radius 2 is 2.24 bits per heavy atom. The van der Waals surface area contributed by atoms with Crippen molar-refractivity contribution >= 4 is 15.9 Å². The molecule has 0 aromatic heterocycles. The molecule has 0 radical (unpaired) electrons. The molecule has 0 bridgehead atoms. The molecule has 1 heterocycles. The first-order valence-corrected chi connectivity index (χ1v) is 8.60. The lowest BCUT2D eigenvalue weighted by Crippen LogP contribution is -2.60. The highest BCUT2D eigenvalue weighted by atomic mass is 79.9. The molecule has 1 aromatic carbocycles. The van der Waals surface area contributed by atoms with Gasteiger partial charge >= 0.3 is 0 Å². The molecular weight excluding hydrogens is 330 g/mol. The van der Waals surface area contributed by atoms with Crippen LogP contribution < -0.4 is 10.1 Å². The van der Waals surface area contributed by atoms with Crippen molar-refractivity contribution < 1.29 is 9.47 Å². The van der Waals surface area contributed by atoms with Gasteiger partial charge in [-0.3, -0.25) is 0 Å². The average molecular weight is 354 g/mol. The highest BCUT2D eigenvalue weighted by Gasteiger charge is 2.48. The SMILES string of the molecule is CCOC1CC(NCc2cc(Br)cc3c2OCC3)C1(C)C. The Bertz CT molecular complexity index is 530. The third-order valence-corrected chi connectivity index (χ3v) is 5.37. The predicted molar refractivity (Wildman–Crippen MR) is 87.8 cm³/mol. The van der Waals surface area contributed by atoms with Gasteiger partial charge in [-0.1, -0.05) is 29.8 Å². The summed E-state index contributed by atoms with van der Waals surface area (Å²) in [5, 5.41) is 3.69. The predicted octanol–water partition coefficient (Wildman–Crippen LogP) is 3.68. The molecule has 1 N–H and O–H groups in total. The van der Waals surface area contributed by atoms with E-state index in [1.807, 2.05) is 0 Å². The van der Waals surface area contributed by atoms with E-state index in [1.54, 1.807) is 0 Å². The molecule has 2 unspecified atom stereocenters. The molecule has 3 rings (SSSR count). The van der Waals surface area contributed by atoms with Crippen LogP contribution in [-0.2, 0) is 17.7 Å². The van der Waals surface area contributed by atoms with Crippen LogP contribution in [0, 0.1) is 5.41 Å². The third kappa shape index (κ3) is 2.86. The fourth-order valence-electron chi connectivity index (χ4n) is 3.43. The highest BCUT2D eigenvalue weighted by molar-refractivity contribution is 9.10. The second-order valence-electron chi connectivity index (χ2n) is 6.59. The summed E-state index contributed by atoms with van der Waals surface area (Å²) >= 11 is 3.60. The summed E-state index contributed by atoms with van der Waals surface area (Å²) in [7, 11) is 0. The molecule has 21 heavy (non-hydrogen) atoms. The molecular formula is C17H24BrNO2. The third-order valence-electron chi connectivity index (χ3n) is 4.91. The van der Waals surface area contributed by atoms with Gasteiger partial charge < -0.3 is 14.8 Å². The molecule has 2 atom stereocenters. The van der Waals surface area contributed by atoms with Gasteiger partial charge in [0, 0.05) is 41.1 Å². The van der Waals surface area contributed by atoms with Gasteiger partial charge in [-0.05, 0) is 31.0 Å². The summed E-state index contributed by atoms with van der Waals surface area (Å²) < 4.78 is 12.7. The zero-order valence-corrected chi connectivity index (χ0v) is 14.6. The topological polar surface area (TPSA) is 30.5 Å². The van der Waals surface area contributed by atoms with Crippen LogP contribution in [0.5, 0.6) is 5.75 Å². The molecule has 1 fully saturated rings. The lowest BCUT2D eigenvalue weighted by atomic mass is 9.64. The van der Waals surface area contributed by atoms with Crippen molar-refractivity contribution in [2.75, 3.05) is 13.2 Å². The summed E-state index contributed by atoms with van der Waals surface area (Å²) in [6.07, 6.45) is 2.49. The minimum atomic E-state index is 0.200. The molecule has 2 aliphatic rings. The van der Waals surface area contributed by atoms with Gasteiger partial charge in [0.05, 0.1) is 12.7 Å². The lowest BCUT2D eigenvalue weighted by molar-refractivity contribution is -0.114. The van der Waals surface area contributed by atoms with E-state index >= 15 is 0 Å². The van der Waals surface area contributed by atoms with Crippen LogP contribution in [0.15, 0.2) is 16.6 Å². The van der Waals surface area contributed by atoms with E-state index in [0.717, 1.165) is 42.8 Å². The molecule has 1 saturated carbocycles. The number of hydrogen-bond donors (Lipinski definition) is 1. The minimum absolute atomic E-state index is 0.200. The molecule has 3 nitrogen and oxygen atoms in total. The Balaban J connectivity index is 1.65. The number of fused-ring (bicyclic) bond motifs is 1.